The number of fused-ring (bicyclic) bond motifs is 1. The van der Waals surface area contributed by atoms with E-state index in [-0.39, 0.29) is 5.91 Å². The van der Waals surface area contributed by atoms with Crippen LogP contribution in [0.1, 0.15) is 6.92 Å². The van der Waals surface area contributed by atoms with Gasteiger partial charge in [-0.05, 0) is 43.3 Å². The van der Waals surface area contributed by atoms with Crippen LogP contribution in [-0.2, 0) is 4.79 Å². The van der Waals surface area contributed by atoms with Crippen LogP contribution in [0.3, 0.4) is 0 Å². The summed E-state index contributed by atoms with van der Waals surface area (Å²) in [7, 11) is 0. The Kier molecular flexibility index (Phi) is 6.62. The van der Waals surface area contributed by atoms with Gasteiger partial charge in [0.05, 0.1) is 18.1 Å². The van der Waals surface area contributed by atoms with E-state index >= 15 is 0 Å². The number of oxazole rings is 1. The van der Waals surface area contributed by atoms with Gasteiger partial charge in [0.15, 0.2) is 5.58 Å². The summed E-state index contributed by atoms with van der Waals surface area (Å²) in [5.41, 5.74) is 3.42. The highest BCUT2D eigenvalue weighted by Crippen LogP contribution is 2.25. The Balaban J connectivity index is 1.16. The maximum absolute atomic E-state index is 12.7. The topological polar surface area (TPSA) is 84.6 Å². The van der Waals surface area contributed by atoms with Crippen molar-refractivity contribution in [1.82, 2.24) is 19.9 Å². The standard InChI is InChI=1S/C25H25N5O3S/c1-2-32-19-9-7-18(8-10-19)21-15-23(27-17-26-21)29-11-13-30(14-12-29)24(31)16-34-25-28-20-5-3-4-6-22(20)33-25/h3-10,15,17H,2,11-14,16H2,1H3. The van der Waals surface area contributed by atoms with Crippen molar-refractivity contribution in [3.05, 3.63) is 60.9 Å². The number of hydrogen-bond donors (Lipinski definition) is 0. The fraction of sp³-hybridized carbons (Fsp3) is 0.280. The Morgan fingerprint density at radius 1 is 1.06 bits per heavy atom. The zero-order valence-corrected chi connectivity index (χ0v) is 19.7. The molecule has 1 aliphatic rings. The van der Waals surface area contributed by atoms with E-state index in [1.807, 2.05) is 66.4 Å². The molecule has 0 spiro atoms. The number of hydrogen-bond acceptors (Lipinski definition) is 8. The van der Waals surface area contributed by atoms with Crippen LogP contribution in [0, 0.1) is 0 Å². The summed E-state index contributed by atoms with van der Waals surface area (Å²) in [5.74, 6) is 2.11. The van der Waals surface area contributed by atoms with Crippen molar-refractivity contribution < 1.29 is 13.9 Å². The van der Waals surface area contributed by atoms with Crippen molar-refractivity contribution in [1.29, 1.82) is 0 Å². The van der Waals surface area contributed by atoms with Crippen molar-refractivity contribution >= 4 is 34.6 Å². The molecule has 5 rings (SSSR count). The second-order valence-corrected chi connectivity index (χ2v) is 8.75. The largest absolute Gasteiger partial charge is 0.494 e. The quantitative estimate of drug-likeness (QED) is 0.369. The van der Waals surface area contributed by atoms with Crippen LogP contribution < -0.4 is 9.64 Å². The first kappa shape index (κ1) is 22.2. The van der Waals surface area contributed by atoms with E-state index in [1.165, 1.54) is 11.8 Å². The van der Waals surface area contributed by atoms with Crippen molar-refractivity contribution in [2.24, 2.45) is 0 Å². The molecule has 0 radical (unpaired) electrons. The summed E-state index contributed by atoms with van der Waals surface area (Å²) < 4.78 is 11.2. The predicted molar refractivity (Wildman–Crippen MR) is 132 cm³/mol. The van der Waals surface area contributed by atoms with E-state index in [9.17, 15) is 4.79 Å². The van der Waals surface area contributed by atoms with Crippen molar-refractivity contribution in [3.8, 4) is 17.0 Å². The summed E-state index contributed by atoms with van der Waals surface area (Å²) in [4.78, 5) is 30.1. The molecule has 0 atom stereocenters. The lowest BCUT2D eigenvalue weighted by atomic mass is 10.1. The molecule has 4 aromatic rings. The van der Waals surface area contributed by atoms with Crippen LogP contribution in [0.15, 0.2) is 70.6 Å². The van der Waals surface area contributed by atoms with Crippen LogP contribution >= 0.6 is 11.8 Å². The molecule has 0 saturated carbocycles. The molecule has 0 bridgehead atoms. The van der Waals surface area contributed by atoms with E-state index in [4.69, 9.17) is 9.15 Å². The minimum absolute atomic E-state index is 0.0877. The number of anilines is 1. The number of carbonyl (C=O) groups excluding carboxylic acids is 1. The van der Waals surface area contributed by atoms with Crippen LogP contribution in [0.25, 0.3) is 22.4 Å². The number of amides is 1. The Morgan fingerprint density at radius 2 is 1.85 bits per heavy atom. The fourth-order valence-corrected chi connectivity index (χ4v) is 4.62. The molecule has 0 aliphatic carbocycles. The molecule has 2 aromatic carbocycles. The van der Waals surface area contributed by atoms with Crippen LogP contribution in [0.4, 0.5) is 5.82 Å². The number of benzene rings is 2. The van der Waals surface area contributed by atoms with E-state index in [1.54, 1.807) is 6.33 Å². The van der Waals surface area contributed by atoms with E-state index in [0.717, 1.165) is 47.0 Å². The van der Waals surface area contributed by atoms with Crippen LogP contribution in [-0.4, -0.2) is 64.3 Å². The van der Waals surface area contributed by atoms with Gasteiger partial charge < -0.3 is 19.0 Å². The highest BCUT2D eigenvalue weighted by Gasteiger charge is 2.23. The average molecular weight is 476 g/mol. The Morgan fingerprint density at radius 3 is 2.62 bits per heavy atom. The van der Waals surface area contributed by atoms with E-state index in [0.29, 0.717) is 30.7 Å². The average Bonchev–Trinajstić information content (AvgIpc) is 3.31. The van der Waals surface area contributed by atoms with Gasteiger partial charge in [0, 0.05) is 37.8 Å². The first-order valence-corrected chi connectivity index (χ1v) is 12.2. The molecule has 1 amide bonds. The number of aromatic nitrogens is 3. The van der Waals surface area contributed by atoms with Crippen molar-refractivity contribution in [3.63, 3.8) is 0 Å². The summed E-state index contributed by atoms with van der Waals surface area (Å²) in [6, 6.07) is 17.5. The minimum Gasteiger partial charge on any atom is -0.494 e. The zero-order chi connectivity index (χ0) is 23.3. The molecular weight excluding hydrogens is 450 g/mol. The smallest absolute Gasteiger partial charge is 0.257 e. The first-order valence-electron chi connectivity index (χ1n) is 11.3. The van der Waals surface area contributed by atoms with Crippen LogP contribution in [0.5, 0.6) is 5.75 Å². The van der Waals surface area contributed by atoms with Gasteiger partial charge in [0.2, 0.25) is 5.91 Å². The van der Waals surface area contributed by atoms with Gasteiger partial charge in [0.1, 0.15) is 23.4 Å². The lowest BCUT2D eigenvalue weighted by Gasteiger charge is -2.35. The third-order valence-electron chi connectivity index (χ3n) is 5.66. The van der Waals surface area contributed by atoms with E-state index < -0.39 is 0 Å². The summed E-state index contributed by atoms with van der Waals surface area (Å²) >= 11 is 1.34. The molecule has 0 N–H and O–H groups in total. The number of para-hydroxylation sites is 2. The predicted octanol–water partition coefficient (Wildman–Crippen LogP) is 4.12. The molecule has 0 unspecified atom stereocenters. The molecule has 34 heavy (non-hydrogen) atoms. The van der Waals surface area contributed by atoms with Crippen molar-refractivity contribution in [2.75, 3.05) is 43.4 Å². The maximum atomic E-state index is 12.7. The lowest BCUT2D eigenvalue weighted by Crippen LogP contribution is -2.49. The molecule has 3 heterocycles. The van der Waals surface area contributed by atoms with Gasteiger partial charge in [-0.1, -0.05) is 23.9 Å². The third kappa shape index (κ3) is 4.99. The molecule has 2 aromatic heterocycles. The second kappa shape index (κ2) is 10.1. The van der Waals surface area contributed by atoms with Crippen molar-refractivity contribution in [2.45, 2.75) is 12.1 Å². The first-order chi connectivity index (χ1) is 16.7. The van der Waals surface area contributed by atoms with Gasteiger partial charge in [-0.3, -0.25) is 4.79 Å². The monoisotopic (exact) mass is 475 g/mol. The summed E-state index contributed by atoms with van der Waals surface area (Å²) in [6.07, 6.45) is 1.59. The molecule has 9 heteroatoms. The second-order valence-electron chi connectivity index (χ2n) is 7.82. The summed E-state index contributed by atoms with van der Waals surface area (Å²) in [6.45, 7) is 5.35. The SMILES string of the molecule is CCOc1ccc(-c2cc(N3CCN(C(=O)CSc4nc5ccccc5o4)CC3)ncn2)cc1. The molecule has 1 saturated heterocycles. The number of rotatable bonds is 7. The highest BCUT2D eigenvalue weighted by molar-refractivity contribution is 7.99. The lowest BCUT2D eigenvalue weighted by molar-refractivity contribution is -0.128. The Labute approximate surface area is 202 Å². The maximum Gasteiger partial charge on any atom is 0.257 e. The molecule has 1 fully saturated rings. The molecular formula is C25H25N5O3S. The van der Waals surface area contributed by atoms with Gasteiger partial charge in [-0.25, -0.2) is 15.0 Å². The van der Waals surface area contributed by atoms with E-state index in [2.05, 4.69) is 19.9 Å². The van der Waals surface area contributed by atoms with Gasteiger partial charge in [-0.2, -0.15) is 0 Å². The number of nitrogens with zero attached hydrogens (tertiary/aromatic N) is 5. The van der Waals surface area contributed by atoms with Gasteiger partial charge >= 0.3 is 0 Å². The van der Waals surface area contributed by atoms with Crippen LogP contribution in [0.2, 0.25) is 0 Å². The normalized spacial score (nSPS) is 13.9. The Hall–Kier alpha value is -3.59. The van der Waals surface area contributed by atoms with Gasteiger partial charge in [-0.15, -0.1) is 0 Å². The molecule has 8 nitrogen and oxygen atoms in total. The summed E-state index contributed by atoms with van der Waals surface area (Å²) in [5, 5.41) is 0.524. The third-order valence-corrected chi connectivity index (χ3v) is 6.48. The number of thioether (sulfide) groups is 1. The molecule has 174 valence electrons. The number of piperazine rings is 1. The highest BCUT2D eigenvalue weighted by atomic mass is 32.2. The number of ether oxygens (including phenoxy) is 1. The fourth-order valence-electron chi connectivity index (χ4n) is 3.88. The number of carbonyl (C=O) groups is 1. The Bertz CT molecular complexity index is 1240. The zero-order valence-electron chi connectivity index (χ0n) is 18.9. The van der Waals surface area contributed by atoms with Gasteiger partial charge in [0.25, 0.3) is 5.22 Å². The molecule has 1 aliphatic heterocycles. The minimum atomic E-state index is 0.0877.